The Balaban J connectivity index is 2.69. The largest absolute Gasteiger partial charge is 0.339 e. The van der Waals surface area contributed by atoms with Gasteiger partial charge in [0.1, 0.15) is 0 Å². The standard InChI is InChI=1S/C14H27NO/c1-5-11-15(13(16)14(2,3)4)12-9-7-6-8-10-12/h12H,5-11H2,1-4H3. The Morgan fingerprint density at radius 1 is 1.19 bits per heavy atom. The molecule has 0 saturated heterocycles. The molecule has 0 bridgehead atoms. The van der Waals surface area contributed by atoms with E-state index in [4.69, 9.17) is 0 Å². The molecular formula is C14H27NO. The Hall–Kier alpha value is -0.530. The van der Waals surface area contributed by atoms with Crippen LogP contribution in [0.4, 0.5) is 0 Å². The van der Waals surface area contributed by atoms with Crippen LogP contribution in [0.15, 0.2) is 0 Å². The first kappa shape index (κ1) is 13.5. The van der Waals surface area contributed by atoms with Crippen molar-refractivity contribution in [2.24, 2.45) is 5.41 Å². The Labute approximate surface area is 100 Å². The monoisotopic (exact) mass is 225 g/mol. The third kappa shape index (κ3) is 3.50. The lowest BCUT2D eigenvalue weighted by molar-refractivity contribution is -0.142. The first-order valence-corrected chi connectivity index (χ1v) is 6.78. The number of rotatable bonds is 3. The minimum atomic E-state index is -0.230. The smallest absolute Gasteiger partial charge is 0.228 e. The van der Waals surface area contributed by atoms with Gasteiger partial charge in [-0.2, -0.15) is 0 Å². The average Bonchev–Trinajstić information content (AvgIpc) is 2.25. The van der Waals surface area contributed by atoms with Crippen molar-refractivity contribution in [3.63, 3.8) is 0 Å². The van der Waals surface area contributed by atoms with Crippen molar-refractivity contribution in [2.45, 2.75) is 72.3 Å². The molecule has 0 aromatic carbocycles. The molecule has 0 aromatic rings. The summed E-state index contributed by atoms with van der Waals surface area (Å²) in [4.78, 5) is 14.5. The van der Waals surface area contributed by atoms with Crippen LogP contribution < -0.4 is 0 Å². The van der Waals surface area contributed by atoms with E-state index in [0.29, 0.717) is 11.9 Å². The summed E-state index contributed by atoms with van der Waals surface area (Å²) >= 11 is 0. The van der Waals surface area contributed by atoms with E-state index in [9.17, 15) is 4.79 Å². The van der Waals surface area contributed by atoms with Gasteiger partial charge in [0.05, 0.1) is 0 Å². The third-order valence-corrected chi connectivity index (χ3v) is 3.38. The summed E-state index contributed by atoms with van der Waals surface area (Å²) in [6.45, 7) is 9.18. The first-order chi connectivity index (χ1) is 7.46. The van der Waals surface area contributed by atoms with Crippen molar-refractivity contribution >= 4 is 5.91 Å². The maximum absolute atomic E-state index is 12.4. The molecule has 2 nitrogen and oxygen atoms in total. The summed E-state index contributed by atoms with van der Waals surface area (Å²) in [5, 5.41) is 0. The molecule has 0 unspecified atom stereocenters. The molecule has 0 radical (unpaired) electrons. The van der Waals surface area contributed by atoms with Crippen molar-refractivity contribution < 1.29 is 4.79 Å². The van der Waals surface area contributed by atoms with Gasteiger partial charge in [0, 0.05) is 18.0 Å². The molecule has 1 amide bonds. The van der Waals surface area contributed by atoms with Crippen molar-refractivity contribution in [2.75, 3.05) is 6.54 Å². The van der Waals surface area contributed by atoms with Gasteiger partial charge in [-0.05, 0) is 19.3 Å². The van der Waals surface area contributed by atoms with Crippen LogP contribution in [0, 0.1) is 5.41 Å². The van der Waals surface area contributed by atoms with Crippen molar-refractivity contribution in [1.29, 1.82) is 0 Å². The Kier molecular flexibility index (Phi) is 4.82. The Morgan fingerprint density at radius 3 is 2.19 bits per heavy atom. The molecule has 16 heavy (non-hydrogen) atoms. The van der Waals surface area contributed by atoms with Gasteiger partial charge in [-0.1, -0.05) is 47.0 Å². The molecule has 1 aliphatic carbocycles. The minimum Gasteiger partial charge on any atom is -0.339 e. The van der Waals surface area contributed by atoms with E-state index in [1.54, 1.807) is 0 Å². The topological polar surface area (TPSA) is 20.3 Å². The summed E-state index contributed by atoms with van der Waals surface area (Å²) < 4.78 is 0. The highest BCUT2D eigenvalue weighted by Gasteiger charge is 2.31. The van der Waals surface area contributed by atoms with Crippen LogP contribution in [0.1, 0.15) is 66.2 Å². The number of carbonyl (C=O) groups is 1. The van der Waals surface area contributed by atoms with E-state index < -0.39 is 0 Å². The van der Waals surface area contributed by atoms with Gasteiger partial charge < -0.3 is 4.90 Å². The molecule has 1 rings (SSSR count). The summed E-state index contributed by atoms with van der Waals surface area (Å²) in [5.74, 6) is 0.334. The number of amides is 1. The second kappa shape index (κ2) is 5.70. The quantitative estimate of drug-likeness (QED) is 0.718. The molecular weight excluding hydrogens is 198 g/mol. The van der Waals surface area contributed by atoms with Gasteiger partial charge in [0.25, 0.3) is 0 Å². The van der Waals surface area contributed by atoms with Gasteiger partial charge in [0.15, 0.2) is 0 Å². The lowest BCUT2D eigenvalue weighted by Crippen LogP contribution is -2.47. The van der Waals surface area contributed by atoms with Crippen LogP contribution in [0.5, 0.6) is 0 Å². The fraction of sp³-hybridized carbons (Fsp3) is 0.929. The molecule has 2 heteroatoms. The molecule has 0 aromatic heterocycles. The molecule has 0 spiro atoms. The molecule has 0 heterocycles. The molecule has 1 fully saturated rings. The Morgan fingerprint density at radius 2 is 1.75 bits per heavy atom. The molecule has 0 N–H and O–H groups in total. The molecule has 94 valence electrons. The van der Waals surface area contributed by atoms with Gasteiger partial charge in [-0.25, -0.2) is 0 Å². The zero-order valence-corrected chi connectivity index (χ0v) is 11.4. The van der Waals surface area contributed by atoms with Crippen molar-refractivity contribution in [1.82, 2.24) is 4.90 Å². The maximum atomic E-state index is 12.4. The van der Waals surface area contributed by atoms with Gasteiger partial charge in [-0.15, -0.1) is 0 Å². The van der Waals surface area contributed by atoms with Crippen LogP contribution in [0.2, 0.25) is 0 Å². The second-order valence-corrected chi connectivity index (χ2v) is 6.04. The van der Waals surface area contributed by atoms with Crippen LogP contribution in [0.3, 0.4) is 0 Å². The summed E-state index contributed by atoms with van der Waals surface area (Å²) in [6.07, 6.45) is 7.42. The highest BCUT2D eigenvalue weighted by Crippen LogP contribution is 2.27. The van der Waals surface area contributed by atoms with E-state index in [1.807, 2.05) is 20.8 Å². The third-order valence-electron chi connectivity index (χ3n) is 3.38. The lowest BCUT2D eigenvalue weighted by atomic mass is 9.89. The highest BCUT2D eigenvalue weighted by molar-refractivity contribution is 5.81. The minimum absolute atomic E-state index is 0.230. The van der Waals surface area contributed by atoms with Gasteiger partial charge in [-0.3, -0.25) is 4.79 Å². The summed E-state index contributed by atoms with van der Waals surface area (Å²) in [5.41, 5.74) is -0.230. The van der Waals surface area contributed by atoms with Crippen LogP contribution in [-0.2, 0) is 4.79 Å². The second-order valence-electron chi connectivity index (χ2n) is 6.04. The Bertz CT molecular complexity index is 223. The van der Waals surface area contributed by atoms with Gasteiger partial charge in [0.2, 0.25) is 5.91 Å². The summed E-state index contributed by atoms with van der Waals surface area (Å²) in [7, 11) is 0. The zero-order chi connectivity index (χ0) is 12.2. The van der Waals surface area contributed by atoms with Gasteiger partial charge >= 0.3 is 0 Å². The predicted molar refractivity (Wildman–Crippen MR) is 68.3 cm³/mol. The van der Waals surface area contributed by atoms with Crippen LogP contribution in [-0.4, -0.2) is 23.4 Å². The van der Waals surface area contributed by atoms with E-state index in [1.165, 1.54) is 32.1 Å². The van der Waals surface area contributed by atoms with Crippen molar-refractivity contribution in [3.05, 3.63) is 0 Å². The number of carbonyl (C=O) groups excluding carboxylic acids is 1. The van der Waals surface area contributed by atoms with Crippen LogP contribution >= 0.6 is 0 Å². The average molecular weight is 225 g/mol. The lowest BCUT2D eigenvalue weighted by Gasteiger charge is -2.38. The normalized spacial score (nSPS) is 18.5. The number of hydrogen-bond donors (Lipinski definition) is 0. The first-order valence-electron chi connectivity index (χ1n) is 6.78. The van der Waals surface area contributed by atoms with E-state index in [-0.39, 0.29) is 5.41 Å². The fourth-order valence-electron chi connectivity index (χ4n) is 2.51. The molecule has 0 aliphatic heterocycles. The fourth-order valence-corrected chi connectivity index (χ4v) is 2.51. The zero-order valence-electron chi connectivity index (χ0n) is 11.4. The highest BCUT2D eigenvalue weighted by atomic mass is 16.2. The van der Waals surface area contributed by atoms with Crippen molar-refractivity contribution in [3.8, 4) is 0 Å². The number of nitrogens with zero attached hydrogens (tertiary/aromatic N) is 1. The maximum Gasteiger partial charge on any atom is 0.228 e. The number of hydrogen-bond acceptors (Lipinski definition) is 1. The molecule has 1 aliphatic rings. The molecule has 1 saturated carbocycles. The van der Waals surface area contributed by atoms with E-state index in [2.05, 4.69) is 11.8 Å². The molecule has 0 atom stereocenters. The predicted octanol–water partition coefficient (Wildman–Crippen LogP) is 3.60. The SMILES string of the molecule is CCCN(C(=O)C(C)(C)C)C1CCCCC1. The van der Waals surface area contributed by atoms with E-state index >= 15 is 0 Å². The van der Waals surface area contributed by atoms with Crippen LogP contribution in [0.25, 0.3) is 0 Å². The van der Waals surface area contributed by atoms with E-state index in [0.717, 1.165) is 13.0 Å². The summed E-state index contributed by atoms with van der Waals surface area (Å²) in [6, 6.07) is 0.514.